The van der Waals surface area contributed by atoms with Gasteiger partial charge < -0.3 is 39.4 Å². The zero-order valence-corrected chi connectivity index (χ0v) is 27.9. The number of allylic oxidation sites excluding steroid dienone is 2. The maximum atomic E-state index is 12.6. The highest BCUT2D eigenvalue weighted by molar-refractivity contribution is 5.69. The molecule has 0 bridgehead atoms. The van der Waals surface area contributed by atoms with Crippen LogP contribution in [-0.4, -0.2) is 89.6 Å². The summed E-state index contributed by atoms with van der Waals surface area (Å²) < 4.78 is 22.6. The molecule has 4 N–H and O–H groups in total. The number of carbonyl (C=O) groups excluding carboxylic acids is 1. The summed E-state index contributed by atoms with van der Waals surface area (Å²) in [6.07, 6.45) is 19.5. The maximum Gasteiger partial charge on any atom is 0.306 e. The van der Waals surface area contributed by atoms with Gasteiger partial charge in [0.2, 0.25) is 0 Å². The summed E-state index contributed by atoms with van der Waals surface area (Å²) in [5.41, 5.74) is 0. The number of hydrogen-bond donors (Lipinski definition) is 4. The number of aliphatic hydroxyl groups is 4. The molecule has 0 aliphatic carbocycles. The van der Waals surface area contributed by atoms with Crippen molar-refractivity contribution in [3.63, 3.8) is 0 Å². The Morgan fingerprint density at radius 1 is 0.705 bits per heavy atom. The Labute approximate surface area is 267 Å². The van der Waals surface area contributed by atoms with Gasteiger partial charge in [0.05, 0.1) is 19.8 Å². The van der Waals surface area contributed by atoms with E-state index >= 15 is 0 Å². The highest BCUT2D eigenvalue weighted by Gasteiger charge is 2.44. The number of unbranched alkanes of at least 4 members (excludes halogenated alkanes) is 16. The van der Waals surface area contributed by atoms with Crippen molar-refractivity contribution in [2.75, 3.05) is 26.4 Å². The Kier molecular flexibility index (Phi) is 26.2. The fourth-order valence-corrected chi connectivity index (χ4v) is 5.32. The van der Waals surface area contributed by atoms with E-state index in [1.807, 2.05) is 0 Å². The average molecular weight is 631 g/mol. The molecule has 0 spiro atoms. The highest BCUT2D eigenvalue weighted by Crippen LogP contribution is 2.22. The molecule has 1 aliphatic heterocycles. The standard InChI is InChI=1S/C35H66O9/c1-3-5-7-9-11-13-15-17-19-21-23-25-41-27-29(28-42-35-34(40)33(39)32(38)30(26-36)44-35)43-31(37)24-22-20-18-16-14-12-10-8-6-4-2/h7,9,29-30,32-36,38-40H,3-6,8,10-28H2,1-2H3/b9-7-. The van der Waals surface area contributed by atoms with Crippen LogP contribution in [0.15, 0.2) is 12.2 Å². The molecule has 1 fully saturated rings. The number of rotatable bonds is 29. The molecule has 9 heteroatoms. The molecular formula is C35H66O9. The van der Waals surface area contributed by atoms with Crippen LogP contribution in [0.5, 0.6) is 0 Å². The monoisotopic (exact) mass is 630 g/mol. The van der Waals surface area contributed by atoms with Gasteiger partial charge in [0.1, 0.15) is 30.5 Å². The molecule has 6 atom stereocenters. The summed E-state index contributed by atoms with van der Waals surface area (Å²) in [5.74, 6) is -0.319. The van der Waals surface area contributed by atoms with Crippen LogP contribution in [0.4, 0.5) is 0 Å². The lowest BCUT2D eigenvalue weighted by Gasteiger charge is -2.39. The second kappa shape index (κ2) is 28.2. The number of carbonyl (C=O) groups is 1. The van der Waals surface area contributed by atoms with Gasteiger partial charge in [0, 0.05) is 13.0 Å². The molecular weight excluding hydrogens is 564 g/mol. The summed E-state index contributed by atoms with van der Waals surface area (Å²) in [7, 11) is 0. The summed E-state index contributed by atoms with van der Waals surface area (Å²) in [5, 5.41) is 39.8. The van der Waals surface area contributed by atoms with E-state index in [1.54, 1.807) is 0 Å². The molecule has 9 nitrogen and oxygen atoms in total. The molecule has 0 radical (unpaired) electrons. The Balaban J connectivity index is 2.37. The zero-order valence-electron chi connectivity index (χ0n) is 27.9. The molecule has 0 amide bonds. The third kappa shape index (κ3) is 20.1. The van der Waals surface area contributed by atoms with E-state index in [9.17, 15) is 25.2 Å². The molecule has 0 aromatic carbocycles. The van der Waals surface area contributed by atoms with Gasteiger partial charge in [-0.2, -0.15) is 0 Å². The van der Waals surface area contributed by atoms with Crippen molar-refractivity contribution in [3.8, 4) is 0 Å². The van der Waals surface area contributed by atoms with Crippen molar-refractivity contribution in [2.45, 2.75) is 179 Å². The van der Waals surface area contributed by atoms with E-state index < -0.39 is 43.4 Å². The van der Waals surface area contributed by atoms with Crippen LogP contribution in [0.1, 0.15) is 142 Å². The van der Waals surface area contributed by atoms with Crippen molar-refractivity contribution >= 4 is 5.97 Å². The zero-order chi connectivity index (χ0) is 32.3. The predicted octanol–water partition coefficient (Wildman–Crippen LogP) is 6.13. The minimum Gasteiger partial charge on any atom is -0.457 e. The van der Waals surface area contributed by atoms with Gasteiger partial charge >= 0.3 is 5.97 Å². The van der Waals surface area contributed by atoms with Crippen molar-refractivity contribution in [2.24, 2.45) is 0 Å². The first-order valence-electron chi connectivity index (χ1n) is 17.8. The Morgan fingerprint density at radius 2 is 1.30 bits per heavy atom. The Bertz CT molecular complexity index is 687. The van der Waals surface area contributed by atoms with Gasteiger partial charge in [0.25, 0.3) is 0 Å². The SMILES string of the molecule is CCC/C=C\CCCCCCCCOCC(COC1OC(CO)C(O)C(O)C1O)OC(=O)CCCCCCCCCCCC. The number of aliphatic hydroxyl groups excluding tert-OH is 4. The lowest BCUT2D eigenvalue weighted by atomic mass is 9.99. The summed E-state index contributed by atoms with van der Waals surface area (Å²) in [6, 6.07) is 0. The normalized spacial score (nSPS) is 22.9. The third-order valence-electron chi connectivity index (χ3n) is 8.16. The maximum absolute atomic E-state index is 12.6. The van der Waals surface area contributed by atoms with E-state index in [0.717, 1.165) is 38.5 Å². The molecule has 0 saturated carbocycles. The quantitative estimate of drug-likeness (QED) is 0.0437. The van der Waals surface area contributed by atoms with Crippen LogP contribution < -0.4 is 0 Å². The molecule has 6 unspecified atom stereocenters. The average Bonchev–Trinajstić information content (AvgIpc) is 3.02. The van der Waals surface area contributed by atoms with Gasteiger partial charge in [-0.1, -0.05) is 116 Å². The fourth-order valence-electron chi connectivity index (χ4n) is 5.32. The van der Waals surface area contributed by atoms with Crippen LogP contribution in [0.2, 0.25) is 0 Å². The van der Waals surface area contributed by atoms with Crippen LogP contribution in [0, 0.1) is 0 Å². The second-order valence-corrected chi connectivity index (χ2v) is 12.3. The largest absolute Gasteiger partial charge is 0.457 e. The predicted molar refractivity (Wildman–Crippen MR) is 173 cm³/mol. The lowest BCUT2D eigenvalue weighted by Crippen LogP contribution is -2.59. The number of esters is 1. The summed E-state index contributed by atoms with van der Waals surface area (Å²) in [6.45, 7) is 4.46. The molecule has 44 heavy (non-hydrogen) atoms. The fraction of sp³-hybridized carbons (Fsp3) is 0.914. The van der Waals surface area contributed by atoms with E-state index in [0.29, 0.717) is 13.0 Å². The molecule has 1 aliphatic rings. The van der Waals surface area contributed by atoms with Crippen LogP contribution in [0.3, 0.4) is 0 Å². The van der Waals surface area contributed by atoms with Gasteiger partial charge in [-0.15, -0.1) is 0 Å². The first-order valence-corrected chi connectivity index (χ1v) is 17.8. The van der Waals surface area contributed by atoms with E-state index in [-0.39, 0.29) is 19.2 Å². The van der Waals surface area contributed by atoms with E-state index in [2.05, 4.69) is 26.0 Å². The molecule has 1 rings (SSSR count). The topological polar surface area (TPSA) is 135 Å². The molecule has 1 heterocycles. The third-order valence-corrected chi connectivity index (χ3v) is 8.16. The molecule has 0 aromatic rings. The smallest absolute Gasteiger partial charge is 0.306 e. The summed E-state index contributed by atoms with van der Waals surface area (Å²) >= 11 is 0. The molecule has 1 saturated heterocycles. The lowest BCUT2D eigenvalue weighted by molar-refractivity contribution is -0.305. The van der Waals surface area contributed by atoms with Crippen molar-refractivity contribution in [3.05, 3.63) is 12.2 Å². The molecule has 260 valence electrons. The minimum atomic E-state index is -1.53. The first-order chi connectivity index (χ1) is 21.4. The number of ether oxygens (including phenoxy) is 4. The highest BCUT2D eigenvalue weighted by atomic mass is 16.7. The van der Waals surface area contributed by atoms with Gasteiger partial charge in [0.15, 0.2) is 6.29 Å². The van der Waals surface area contributed by atoms with Crippen LogP contribution >= 0.6 is 0 Å². The van der Waals surface area contributed by atoms with Crippen molar-refractivity contribution in [1.82, 2.24) is 0 Å². The Morgan fingerprint density at radius 3 is 1.93 bits per heavy atom. The van der Waals surface area contributed by atoms with Gasteiger partial charge in [-0.3, -0.25) is 4.79 Å². The minimum absolute atomic E-state index is 0.112. The van der Waals surface area contributed by atoms with Crippen LogP contribution in [-0.2, 0) is 23.7 Å². The summed E-state index contributed by atoms with van der Waals surface area (Å²) in [4.78, 5) is 12.6. The van der Waals surface area contributed by atoms with Gasteiger partial charge in [-0.05, 0) is 32.1 Å². The van der Waals surface area contributed by atoms with Gasteiger partial charge in [-0.25, -0.2) is 0 Å². The van der Waals surface area contributed by atoms with Crippen molar-refractivity contribution in [1.29, 1.82) is 0 Å². The van der Waals surface area contributed by atoms with E-state index in [4.69, 9.17) is 18.9 Å². The second-order valence-electron chi connectivity index (χ2n) is 12.3. The first kappa shape index (κ1) is 41.0. The molecule has 0 aromatic heterocycles. The number of hydrogen-bond acceptors (Lipinski definition) is 9. The Hall–Kier alpha value is -1.07. The van der Waals surface area contributed by atoms with Crippen LogP contribution in [0.25, 0.3) is 0 Å². The van der Waals surface area contributed by atoms with Crippen molar-refractivity contribution < 1.29 is 44.2 Å². The van der Waals surface area contributed by atoms with E-state index in [1.165, 1.54) is 83.5 Å².